The minimum absolute atomic E-state index is 0.0203. The summed E-state index contributed by atoms with van der Waals surface area (Å²) in [5.41, 5.74) is 0.859. The molecule has 0 aliphatic carbocycles. The number of aromatic hydroxyl groups is 1. The van der Waals surface area contributed by atoms with Crippen molar-refractivity contribution in [2.45, 2.75) is 25.5 Å². The molecular weight excluding hydrogens is 206 g/mol. The van der Waals surface area contributed by atoms with Gasteiger partial charge in [0.2, 0.25) is 5.91 Å². The van der Waals surface area contributed by atoms with Crippen molar-refractivity contribution in [1.82, 2.24) is 4.90 Å². The highest BCUT2D eigenvalue weighted by Crippen LogP contribution is 2.33. The molecule has 4 heteroatoms. The van der Waals surface area contributed by atoms with E-state index in [1.54, 1.807) is 29.2 Å². The van der Waals surface area contributed by atoms with Gasteiger partial charge >= 0.3 is 0 Å². The number of hydrogen-bond acceptors (Lipinski definition) is 3. The second-order valence-corrected chi connectivity index (χ2v) is 3.99. The first kappa shape index (κ1) is 11.0. The lowest BCUT2D eigenvalue weighted by atomic mass is 10.0. The molecule has 2 rings (SSSR count). The van der Waals surface area contributed by atoms with Crippen molar-refractivity contribution in [1.29, 1.82) is 0 Å². The monoisotopic (exact) mass is 221 g/mol. The van der Waals surface area contributed by atoms with E-state index >= 15 is 0 Å². The summed E-state index contributed by atoms with van der Waals surface area (Å²) in [5.74, 6) is 0.165. The third-order valence-electron chi connectivity index (χ3n) is 2.98. The maximum absolute atomic E-state index is 11.6. The van der Waals surface area contributed by atoms with Gasteiger partial charge in [-0.2, -0.15) is 0 Å². The summed E-state index contributed by atoms with van der Waals surface area (Å²) in [7, 11) is 0. The number of benzene rings is 1. The van der Waals surface area contributed by atoms with Crippen LogP contribution in [0.1, 0.15) is 24.9 Å². The molecule has 0 aromatic heterocycles. The maximum Gasteiger partial charge on any atom is 0.225 e. The van der Waals surface area contributed by atoms with Crippen LogP contribution in [0.2, 0.25) is 0 Å². The van der Waals surface area contributed by atoms with E-state index in [1.807, 2.05) is 6.92 Å². The number of phenols is 1. The van der Waals surface area contributed by atoms with E-state index in [1.165, 1.54) is 0 Å². The number of aliphatic hydroxyl groups is 1. The number of likely N-dealkylation sites (N-methyl/N-ethyl adjacent to an activating group) is 1. The summed E-state index contributed by atoms with van der Waals surface area (Å²) in [5, 5.41) is 19.1. The second kappa shape index (κ2) is 4.14. The van der Waals surface area contributed by atoms with Gasteiger partial charge in [0, 0.05) is 6.54 Å². The number of rotatable bonds is 2. The molecule has 2 unspecified atom stereocenters. The van der Waals surface area contributed by atoms with Crippen molar-refractivity contribution in [3.05, 3.63) is 29.8 Å². The zero-order valence-corrected chi connectivity index (χ0v) is 9.13. The predicted octanol–water partition coefficient (Wildman–Crippen LogP) is 1.05. The third kappa shape index (κ3) is 1.76. The number of carbonyl (C=O) groups excluding carboxylic acids is 1. The van der Waals surface area contributed by atoms with Gasteiger partial charge < -0.3 is 15.1 Å². The molecule has 1 aliphatic rings. The van der Waals surface area contributed by atoms with E-state index in [-0.39, 0.29) is 24.1 Å². The number of phenolic OH excluding ortho intramolecular Hbond substituents is 1. The molecule has 86 valence electrons. The highest BCUT2D eigenvalue weighted by Gasteiger charge is 2.38. The van der Waals surface area contributed by atoms with Gasteiger partial charge in [0.05, 0.1) is 18.6 Å². The number of hydrogen-bond donors (Lipinski definition) is 2. The fourth-order valence-corrected chi connectivity index (χ4v) is 2.22. The highest BCUT2D eigenvalue weighted by molar-refractivity contribution is 5.80. The normalized spacial score (nSPS) is 25.1. The molecule has 2 N–H and O–H groups in total. The molecule has 0 saturated carbocycles. The third-order valence-corrected chi connectivity index (χ3v) is 2.98. The van der Waals surface area contributed by atoms with E-state index in [9.17, 15) is 15.0 Å². The number of likely N-dealkylation sites (tertiary alicyclic amines) is 1. The zero-order valence-electron chi connectivity index (χ0n) is 9.13. The standard InChI is InChI=1S/C12H15NO3/c1-2-13-11(16)7-10(15)12(13)8-3-5-9(14)6-4-8/h3-6,10,12,14-15H,2,7H2,1H3. The summed E-state index contributed by atoms with van der Waals surface area (Å²) >= 11 is 0. The fourth-order valence-electron chi connectivity index (χ4n) is 2.22. The van der Waals surface area contributed by atoms with Gasteiger partial charge in [0.15, 0.2) is 0 Å². The van der Waals surface area contributed by atoms with Crippen molar-refractivity contribution in [3.8, 4) is 5.75 Å². The van der Waals surface area contributed by atoms with Crippen LogP contribution in [0.4, 0.5) is 0 Å². The topological polar surface area (TPSA) is 60.8 Å². The smallest absolute Gasteiger partial charge is 0.225 e. The Morgan fingerprint density at radius 1 is 1.38 bits per heavy atom. The van der Waals surface area contributed by atoms with Crippen LogP contribution in [0.5, 0.6) is 5.75 Å². The van der Waals surface area contributed by atoms with E-state index in [0.717, 1.165) is 5.56 Å². The Morgan fingerprint density at radius 3 is 2.56 bits per heavy atom. The first-order valence-corrected chi connectivity index (χ1v) is 5.40. The van der Waals surface area contributed by atoms with Gasteiger partial charge in [-0.15, -0.1) is 0 Å². The Bertz CT molecular complexity index is 388. The van der Waals surface area contributed by atoms with Crippen LogP contribution in [-0.4, -0.2) is 33.7 Å². The number of amides is 1. The molecule has 4 nitrogen and oxygen atoms in total. The van der Waals surface area contributed by atoms with Crippen molar-refractivity contribution in [2.75, 3.05) is 6.54 Å². The SMILES string of the molecule is CCN1C(=O)CC(O)C1c1ccc(O)cc1. The van der Waals surface area contributed by atoms with E-state index < -0.39 is 6.10 Å². The molecule has 1 amide bonds. The Labute approximate surface area is 94.1 Å². The first-order valence-electron chi connectivity index (χ1n) is 5.40. The van der Waals surface area contributed by atoms with Gasteiger partial charge in [0.25, 0.3) is 0 Å². The molecule has 1 heterocycles. The van der Waals surface area contributed by atoms with Crippen molar-refractivity contribution in [3.63, 3.8) is 0 Å². The molecule has 16 heavy (non-hydrogen) atoms. The fraction of sp³-hybridized carbons (Fsp3) is 0.417. The molecule has 0 bridgehead atoms. The van der Waals surface area contributed by atoms with Crippen LogP contribution in [0.15, 0.2) is 24.3 Å². The van der Waals surface area contributed by atoms with Crippen LogP contribution < -0.4 is 0 Å². The molecule has 0 radical (unpaired) electrons. The van der Waals surface area contributed by atoms with Gasteiger partial charge in [-0.1, -0.05) is 12.1 Å². The van der Waals surface area contributed by atoms with Crippen LogP contribution in [0, 0.1) is 0 Å². The maximum atomic E-state index is 11.6. The van der Waals surface area contributed by atoms with Crippen LogP contribution in [-0.2, 0) is 4.79 Å². The van der Waals surface area contributed by atoms with Crippen molar-refractivity contribution in [2.24, 2.45) is 0 Å². The molecular formula is C12H15NO3. The molecule has 1 aliphatic heterocycles. The molecule has 0 spiro atoms. The molecule has 1 aromatic rings. The van der Waals surface area contributed by atoms with E-state index in [0.29, 0.717) is 6.54 Å². The lowest BCUT2D eigenvalue weighted by Gasteiger charge is -2.25. The number of carbonyl (C=O) groups is 1. The van der Waals surface area contributed by atoms with Crippen molar-refractivity contribution < 1.29 is 15.0 Å². The minimum Gasteiger partial charge on any atom is -0.508 e. The minimum atomic E-state index is -0.656. The van der Waals surface area contributed by atoms with Gasteiger partial charge in [-0.3, -0.25) is 4.79 Å². The highest BCUT2D eigenvalue weighted by atomic mass is 16.3. The average molecular weight is 221 g/mol. The lowest BCUT2D eigenvalue weighted by molar-refractivity contribution is -0.128. The number of aliphatic hydroxyl groups excluding tert-OH is 1. The van der Waals surface area contributed by atoms with Gasteiger partial charge in [-0.05, 0) is 24.6 Å². The first-order chi connectivity index (χ1) is 7.63. The van der Waals surface area contributed by atoms with Gasteiger partial charge in [-0.25, -0.2) is 0 Å². The summed E-state index contributed by atoms with van der Waals surface area (Å²) in [6.07, 6.45) is -0.476. The Kier molecular flexibility index (Phi) is 2.83. The van der Waals surface area contributed by atoms with Crippen LogP contribution >= 0.6 is 0 Å². The second-order valence-electron chi connectivity index (χ2n) is 3.99. The van der Waals surface area contributed by atoms with E-state index in [4.69, 9.17) is 0 Å². The number of nitrogens with zero attached hydrogens (tertiary/aromatic N) is 1. The summed E-state index contributed by atoms with van der Waals surface area (Å²) < 4.78 is 0. The summed E-state index contributed by atoms with van der Waals surface area (Å²) in [4.78, 5) is 13.2. The van der Waals surface area contributed by atoms with E-state index in [2.05, 4.69) is 0 Å². The Hall–Kier alpha value is -1.55. The quantitative estimate of drug-likeness (QED) is 0.784. The average Bonchev–Trinajstić information content (AvgIpc) is 2.54. The van der Waals surface area contributed by atoms with Crippen LogP contribution in [0.25, 0.3) is 0 Å². The summed E-state index contributed by atoms with van der Waals surface area (Å²) in [6, 6.07) is 6.34. The molecule has 1 aromatic carbocycles. The zero-order chi connectivity index (χ0) is 11.7. The Morgan fingerprint density at radius 2 is 2.00 bits per heavy atom. The largest absolute Gasteiger partial charge is 0.508 e. The molecule has 1 saturated heterocycles. The van der Waals surface area contributed by atoms with Crippen LogP contribution in [0.3, 0.4) is 0 Å². The van der Waals surface area contributed by atoms with Gasteiger partial charge in [0.1, 0.15) is 5.75 Å². The summed E-state index contributed by atoms with van der Waals surface area (Å²) in [6.45, 7) is 2.48. The Balaban J connectivity index is 2.31. The molecule has 1 fully saturated rings. The van der Waals surface area contributed by atoms with Crippen molar-refractivity contribution >= 4 is 5.91 Å². The predicted molar refractivity (Wildman–Crippen MR) is 58.9 cm³/mol. The lowest BCUT2D eigenvalue weighted by Crippen LogP contribution is -2.29. The molecule has 2 atom stereocenters.